The van der Waals surface area contributed by atoms with Crippen LogP contribution >= 0.6 is 0 Å². The minimum absolute atomic E-state index is 0. The highest BCUT2D eigenvalue weighted by atomic mass is 35.5. The summed E-state index contributed by atoms with van der Waals surface area (Å²) >= 11 is 0. The van der Waals surface area contributed by atoms with Crippen LogP contribution in [0.2, 0.25) is 0 Å². The SMILES string of the molecule is CCOc1cc(OCC)cc(-n2cc(C(=O)N(CC)c3cc(F)cc(F)c3)c(=O)c3c(OC)cc(OCCCCCCCC[N+]45CCN(CC4)CC5)cc32)c1.[Cl-]. The van der Waals surface area contributed by atoms with E-state index >= 15 is 0 Å². The summed E-state index contributed by atoms with van der Waals surface area (Å²) in [6.45, 7) is 15.8. The molecule has 0 radical (unpaired) electrons. The minimum Gasteiger partial charge on any atom is -1.00 e. The van der Waals surface area contributed by atoms with Crippen molar-refractivity contribution in [2.24, 2.45) is 0 Å². The molecule has 7 rings (SSSR count). The number of carbonyl (C=O) groups is 1. The van der Waals surface area contributed by atoms with E-state index < -0.39 is 23.0 Å². The van der Waals surface area contributed by atoms with E-state index in [1.807, 2.05) is 13.8 Å². The van der Waals surface area contributed by atoms with E-state index in [0.29, 0.717) is 48.3 Å². The Morgan fingerprint density at radius 1 is 0.768 bits per heavy atom. The molecule has 0 aliphatic carbocycles. The van der Waals surface area contributed by atoms with Crippen LogP contribution in [-0.4, -0.2) is 99.1 Å². The number of methoxy groups -OCH3 is 1. The van der Waals surface area contributed by atoms with Crippen LogP contribution in [0, 0.1) is 11.6 Å². The van der Waals surface area contributed by atoms with E-state index in [0.717, 1.165) is 37.5 Å². The molecule has 4 aromatic rings. The zero-order valence-corrected chi connectivity index (χ0v) is 33.8. The van der Waals surface area contributed by atoms with Gasteiger partial charge in [-0.05, 0) is 52.2 Å². The van der Waals surface area contributed by atoms with Crippen molar-refractivity contribution >= 4 is 22.5 Å². The van der Waals surface area contributed by atoms with Gasteiger partial charge in [0.1, 0.15) is 40.2 Å². The zero-order valence-electron chi connectivity index (χ0n) is 33.1. The number of rotatable bonds is 19. The van der Waals surface area contributed by atoms with Gasteiger partial charge in [-0.25, -0.2) is 8.78 Å². The first-order chi connectivity index (χ1) is 26.7. The van der Waals surface area contributed by atoms with Gasteiger partial charge in [-0.3, -0.25) is 14.5 Å². The van der Waals surface area contributed by atoms with E-state index in [-0.39, 0.29) is 41.3 Å². The molecule has 3 fully saturated rings. The van der Waals surface area contributed by atoms with Gasteiger partial charge in [0.05, 0.1) is 69.7 Å². The zero-order chi connectivity index (χ0) is 39.0. The highest BCUT2D eigenvalue weighted by Crippen LogP contribution is 2.34. The van der Waals surface area contributed by atoms with Crippen LogP contribution in [0.5, 0.6) is 23.0 Å². The maximum Gasteiger partial charge on any atom is 0.263 e. The summed E-state index contributed by atoms with van der Waals surface area (Å²) in [6, 6.07) is 11.7. The Hall–Kier alpha value is -4.39. The van der Waals surface area contributed by atoms with Gasteiger partial charge in [-0.1, -0.05) is 19.3 Å². The van der Waals surface area contributed by atoms with Crippen molar-refractivity contribution in [1.82, 2.24) is 9.47 Å². The molecule has 304 valence electrons. The van der Waals surface area contributed by atoms with Gasteiger partial charge < -0.3 is 45.3 Å². The van der Waals surface area contributed by atoms with E-state index in [1.165, 1.54) is 87.8 Å². The van der Waals surface area contributed by atoms with Crippen LogP contribution in [-0.2, 0) is 0 Å². The number of benzene rings is 3. The van der Waals surface area contributed by atoms with E-state index in [2.05, 4.69) is 4.90 Å². The lowest BCUT2D eigenvalue weighted by Gasteiger charge is -2.50. The highest BCUT2D eigenvalue weighted by molar-refractivity contribution is 6.08. The number of anilines is 1. The number of fused-ring (bicyclic) bond motifs is 4. The molecule has 0 saturated carbocycles. The number of hydrogen-bond acceptors (Lipinski definition) is 7. The monoisotopic (exact) mass is 796 g/mol. The number of nitrogens with zero attached hydrogens (tertiary/aromatic N) is 4. The molecular weight excluding hydrogens is 742 g/mol. The lowest BCUT2D eigenvalue weighted by molar-refractivity contribution is -0.941. The average molecular weight is 797 g/mol. The number of piperazine rings is 3. The smallest absolute Gasteiger partial charge is 0.263 e. The van der Waals surface area contributed by atoms with Crippen LogP contribution < -0.4 is 41.7 Å². The van der Waals surface area contributed by atoms with Crippen molar-refractivity contribution in [2.75, 3.05) is 84.2 Å². The van der Waals surface area contributed by atoms with Crippen LogP contribution in [0.25, 0.3) is 16.6 Å². The van der Waals surface area contributed by atoms with Crippen LogP contribution in [0.4, 0.5) is 14.5 Å². The van der Waals surface area contributed by atoms with Gasteiger partial charge in [0, 0.05) is 74.5 Å². The number of quaternary nitrogens is 1. The summed E-state index contributed by atoms with van der Waals surface area (Å²) in [5, 5.41) is 0.152. The van der Waals surface area contributed by atoms with Crippen molar-refractivity contribution < 1.29 is 49.4 Å². The molecule has 1 amide bonds. The molecule has 2 bridgehead atoms. The standard InChI is InChI=1S/C43H55F2N4O6.ClH/c1-5-47(33-23-31(44)22-32(45)24-33)43(51)38-30-48(34-25-35(53-6-2)27-36(26-34)54-7-3)39-28-37(29-40(52-4)41(39)42(38)50)55-21-13-11-9-8-10-12-17-49-18-14-46(15-19-49)16-20-49;/h22-30H,5-21H2,1-4H3;1H/q+1;/p-1. The molecule has 3 aromatic carbocycles. The first-order valence-electron chi connectivity index (χ1n) is 19.8. The van der Waals surface area contributed by atoms with Crippen LogP contribution in [0.15, 0.2) is 59.5 Å². The summed E-state index contributed by atoms with van der Waals surface area (Å²) in [4.78, 5) is 32.3. The third-order valence-electron chi connectivity index (χ3n) is 10.9. The normalized spacial score (nSPS) is 17.4. The molecule has 3 saturated heterocycles. The third kappa shape index (κ3) is 9.94. The summed E-state index contributed by atoms with van der Waals surface area (Å²) in [7, 11) is 1.46. The Morgan fingerprint density at radius 3 is 1.95 bits per heavy atom. The molecule has 1 aromatic heterocycles. The maximum atomic E-state index is 14.3. The van der Waals surface area contributed by atoms with E-state index in [9.17, 15) is 18.4 Å². The summed E-state index contributed by atoms with van der Waals surface area (Å²) in [6.07, 6.45) is 8.33. The second-order valence-electron chi connectivity index (χ2n) is 14.5. The Kier molecular flexibility index (Phi) is 15.0. The number of pyridine rings is 1. The molecule has 0 atom stereocenters. The fourth-order valence-corrected chi connectivity index (χ4v) is 7.99. The fraction of sp³-hybridized carbons (Fsp3) is 0.488. The lowest BCUT2D eigenvalue weighted by atomic mass is 10.1. The predicted octanol–water partition coefficient (Wildman–Crippen LogP) is 4.61. The molecule has 13 heteroatoms. The Balaban J connectivity index is 0.00000600. The van der Waals surface area contributed by atoms with Crippen LogP contribution in [0.3, 0.4) is 0 Å². The van der Waals surface area contributed by atoms with Crippen molar-refractivity contribution in [1.29, 1.82) is 0 Å². The molecule has 3 aliphatic heterocycles. The predicted molar refractivity (Wildman–Crippen MR) is 212 cm³/mol. The Labute approximate surface area is 334 Å². The summed E-state index contributed by atoms with van der Waals surface area (Å²) in [5.74, 6) is -0.581. The number of amides is 1. The Bertz CT molecular complexity index is 1960. The van der Waals surface area contributed by atoms with Gasteiger partial charge in [-0.15, -0.1) is 0 Å². The molecule has 10 nitrogen and oxygen atoms in total. The second kappa shape index (κ2) is 19.7. The number of ether oxygens (including phenoxy) is 4. The topological polar surface area (TPSA) is 82.5 Å². The maximum absolute atomic E-state index is 14.3. The quantitative estimate of drug-likeness (QED) is 0.101. The van der Waals surface area contributed by atoms with Crippen molar-refractivity contribution in [3.05, 3.63) is 82.1 Å². The summed E-state index contributed by atoms with van der Waals surface area (Å²) in [5.41, 5.74) is 0.183. The van der Waals surface area contributed by atoms with Crippen molar-refractivity contribution in [3.63, 3.8) is 0 Å². The molecule has 56 heavy (non-hydrogen) atoms. The van der Waals surface area contributed by atoms with Gasteiger partial charge in [0.2, 0.25) is 5.43 Å². The molecular formula is C43H55ClF2N4O6. The van der Waals surface area contributed by atoms with E-state index in [1.54, 1.807) is 41.8 Å². The number of halogens is 3. The second-order valence-corrected chi connectivity index (χ2v) is 14.5. The number of hydrogen-bond donors (Lipinski definition) is 0. The lowest BCUT2D eigenvalue weighted by Crippen LogP contribution is -3.00. The van der Waals surface area contributed by atoms with Crippen molar-refractivity contribution in [3.8, 4) is 28.7 Å². The highest BCUT2D eigenvalue weighted by Gasteiger charge is 2.37. The Morgan fingerprint density at radius 2 is 1.36 bits per heavy atom. The molecule has 0 spiro atoms. The van der Waals surface area contributed by atoms with Gasteiger partial charge >= 0.3 is 0 Å². The summed E-state index contributed by atoms with van der Waals surface area (Å²) < 4.78 is 55.4. The van der Waals surface area contributed by atoms with Crippen LogP contribution in [0.1, 0.15) is 69.7 Å². The molecule has 0 unspecified atom stereocenters. The van der Waals surface area contributed by atoms with Gasteiger partial charge in [0.15, 0.2) is 0 Å². The number of aromatic nitrogens is 1. The molecule has 3 aliphatic rings. The number of carbonyl (C=O) groups excluding carboxylic acids is 1. The van der Waals surface area contributed by atoms with Gasteiger partial charge in [0.25, 0.3) is 5.91 Å². The first-order valence-corrected chi connectivity index (χ1v) is 19.8. The third-order valence-corrected chi connectivity index (χ3v) is 10.9. The minimum atomic E-state index is -0.836. The molecule has 0 N–H and O–H groups in total. The van der Waals surface area contributed by atoms with Gasteiger partial charge in [-0.2, -0.15) is 0 Å². The largest absolute Gasteiger partial charge is 1.00 e. The molecule has 4 heterocycles. The average Bonchev–Trinajstić information content (AvgIpc) is 3.17. The number of unbranched alkanes of at least 4 members (excludes halogenated alkanes) is 5. The fourth-order valence-electron chi connectivity index (χ4n) is 7.99. The van der Waals surface area contributed by atoms with E-state index in [4.69, 9.17) is 18.9 Å². The van der Waals surface area contributed by atoms with Crippen molar-refractivity contribution in [2.45, 2.75) is 59.3 Å². The first kappa shape index (κ1) is 42.7.